The Bertz CT molecular complexity index is 723. The number of rotatable bonds is 6. The lowest BCUT2D eigenvalue weighted by Gasteiger charge is -2.38. The van der Waals surface area contributed by atoms with Gasteiger partial charge in [-0.3, -0.25) is 9.69 Å². The number of benzene rings is 2. The maximum absolute atomic E-state index is 12.6. The number of carbonyl (C=O) groups is 1. The van der Waals surface area contributed by atoms with Crippen molar-refractivity contribution in [2.45, 2.75) is 45.6 Å². The fraction of sp³-hybridized carbons (Fsp3) is 0.409. The smallest absolute Gasteiger partial charge is 0.241 e. The van der Waals surface area contributed by atoms with Crippen molar-refractivity contribution in [3.8, 4) is 5.75 Å². The van der Waals surface area contributed by atoms with Crippen LogP contribution < -0.4 is 10.1 Å². The predicted octanol–water partition coefficient (Wildman–Crippen LogP) is 3.70. The summed E-state index contributed by atoms with van der Waals surface area (Å²) in [5.74, 6) is 0.773. The van der Waals surface area contributed by atoms with Gasteiger partial charge in [0.1, 0.15) is 12.4 Å². The van der Waals surface area contributed by atoms with E-state index in [4.69, 9.17) is 9.47 Å². The van der Waals surface area contributed by atoms with Crippen LogP contribution in [0.15, 0.2) is 54.6 Å². The summed E-state index contributed by atoms with van der Waals surface area (Å²) in [6.45, 7) is 8.09. The van der Waals surface area contributed by atoms with Crippen LogP contribution in [0, 0.1) is 0 Å². The molecule has 1 aliphatic heterocycles. The average molecular weight is 368 g/mol. The minimum atomic E-state index is -0.201. The Kier molecular flexibility index (Phi) is 6.48. The molecule has 2 aromatic carbocycles. The van der Waals surface area contributed by atoms with Crippen molar-refractivity contribution in [1.29, 1.82) is 0 Å². The van der Waals surface area contributed by atoms with Crippen molar-refractivity contribution in [1.82, 2.24) is 4.90 Å². The van der Waals surface area contributed by atoms with Crippen LogP contribution in [0.3, 0.4) is 0 Å². The molecule has 1 aliphatic rings. The Hall–Kier alpha value is -2.37. The molecule has 0 bridgehead atoms. The molecule has 0 spiro atoms. The van der Waals surface area contributed by atoms with Gasteiger partial charge in [0.25, 0.3) is 0 Å². The second-order valence-electron chi connectivity index (χ2n) is 7.18. The van der Waals surface area contributed by atoms with Crippen LogP contribution in [-0.4, -0.2) is 42.1 Å². The molecule has 3 atom stereocenters. The molecular formula is C22H28N2O3. The molecule has 0 aliphatic carbocycles. The topological polar surface area (TPSA) is 50.8 Å². The normalized spacial score (nSPS) is 21.4. The number of morpholine rings is 1. The monoisotopic (exact) mass is 368 g/mol. The Morgan fingerprint density at radius 3 is 2.37 bits per heavy atom. The third-order valence-corrected chi connectivity index (χ3v) is 4.75. The lowest BCUT2D eigenvalue weighted by Crippen LogP contribution is -2.52. The molecular weight excluding hydrogens is 340 g/mol. The third kappa shape index (κ3) is 5.55. The molecule has 2 aromatic rings. The van der Waals surface area contributed by atoms with E-state index in [0.29, 0.717) is 6.61 Å². The van der Waals surface area contributed by atoms with Gasteiger partial charge in [-0.15, -0.1) is 0 Å². The van der Waals surface area contributed by atoms with Gasteiger partial charge in [0.2, 0.25) is 5.91 Å². The van der Waals surface area contributed by atoms with Crippen LogP contribution in [0.4, 0.5) is 5.69 Å². The highest BCUT2D eigenvalue weighted by Crippen LogP contribution is 2.19. The Labute approximate surface area is 161 Å². The van der Waals surface area contributed by atoms with Crippen LogP contribution in [0.1, 0.15) is 26.3 Å². The van der Waals surface area contributed by atoms with Crippen molar-refractivity contribution in [2.75, 3.05) is 18.4 Å². The third-order valence-electron chi connectivity index (χ3n) is 4.75. The molecule has 3 rings (SSSR count). The summed E-state index contributed by atoms with van der Waals surface area (Å²) in [5, 5.41) is 2.99. The molecule has 1 saturated heterocycles. The number of nitrogens with zero attached hydrogens (tertiary/aromatic N) is 1. The van der Waals surface area contributed by atoms with E-state index in [2.05, 4.69) is 10.2 Å². The van der Waals surface area contributed by atoms with Crippen LogP contribution in [0.25, 0.3) is 0 Å². The number of anilines is 1. The maximum Gasteiger partial charge on any atom is 0.241 e. The van der Waals surface area contributed by atoms with E-state index in [1.165, 1.54) is 0 Å². The van der Waals surface area contributed by atoms with Gasteiger partial charge in [0, 0.05) is 18.8 Å². The van der Waals surface area contributed by atoms with Gasteiger partial charge in [0.05, 0.1) is 18.2 Å². The summed E-state index contributed by atoms with van der Waals surface area (Å²) in [7, 11) is 0. The highest BCUT2D eigenvalue weighted by atomic mass is 16.5. The van der Waals surface area contributed by atoms with Gasteiger partial charge < -0.3 is 14.8 Å². The molecule has 1 fully saturated rings. The van der Waals surface area contributed by atoms with Gasteiger partial charge in [-0.05, 0) is 50.6 Å². The Balaban J connectivity index is 1.52. The van der Waals surface area contributed by atoms with Gasteiger partial charge >= 0.3 is 0 Å². The molecule has 0 radical (unpaired) electrons. The first-order valence-electron chi connectivity index (χ1n) is 9.48. The maximum atomic E-state index is 12.6. The standard InChI is InChI=1S/C22H28N2O3/c1-16-13-24(14-17(2)27-16)18(3)22(25)23-20-9-11-21(12-10-20)26-15-19-7-5-4-6-8-19/h4-12,16-18H,13-15H2,1-3H3,(H,23,25)/t16-,17-,18+/m1/s1. The van der Waals surface area contributed by atoms with Crippen molar-refractivity contribution >= 4 is 11.6 Å². The summed E-state index contributed by atoms with van der Waals surface area (Å²) in [6, 6.07) is 17.3. The van der Waals surface area contributed by atoms with E-state index in [0.717, 1.165) is 30.1 Å². The van der Waals surface area contributed by atoms with E-state index in [-0.39, 0.29) is 24.2 Å². The number of hydrogen-bond acceptors (Lipinski definition) is 4. The van der Waals surface area contributed by atoms with Crippen LogP contribution in [0.2, 0.25) is 0 Å². The average Bonchev–Trinajstić information content (AvgIpc) is 2.67. The van der Waals surface area contributed by atoms with E-state index < -0.39 is 0 Å². The molecule has 1 amide bonds. The molecule has 1 N–H and O–H groups in total. The van der Waals surface area contributed by atoms with Crippen molar-refractivity contribution in [3.63, 3.8) is 0 Å². The summed E-state index contributed by atoms with van der Waals surface area (Å²) in [4.78, 5) is 14.8. The first-order chi connectivity index (χ1) is 13.0. The molecule has 1 heterocycles. The molecule has 144 valence electrons. The van der Waals surface area contributed by atoms with E-state index in [9.17, 15) is 4.79 Å². The molecule has 27 heavy (non-hydrogen) atoms. The molecule has 5 heteroatoms. The summed E-state index contributed by atoms with van der Waals surface area (Å²) in [6.07, 6.45) is 0.287. The second-order valence-corrected chi connectivity index (χ2v) is 7.18. The minimum absolute atomic E-state index is 0.00532. The largest absolute Gasteiger partial charge is 0.489 e. The van der Waals surface area contributed by atoms with Crippen molar-refractivity contribution < 1.29 is 14.3 Å². The minimum Gasteiger partial charge on any atom is -0.489 e. The van der Waals surface area contributed by atoms with Gasteiger partial charge in [0.15, 0.2) is 0 Å². The number of ether oxygens (including phenoxy) is 2. The quantitative estimate of drug-likeness (QED) is 0.845. The fourth-order valence-electron chi connectivity index (χ4n) is 3.32. The Morgan fingerprint density at radius 2 is 1.74 bits per heavy atom. The molecule has 0 aromatic heterocycles. The van der Waals surface area contributed by atoms with Gasteiger partial charge in [-0.1, -0.05) is 30.3 Å². The fourth-order valence-corrected chi connectivity index (χ4v) is 3.32. The second kappa shape index (κ2) is 9.02. The first kappa shape index (κ1) is 19.4. The predicted molar refractivity (Wildman–Crippen MR) is 107 cm³/mol. The van der Waals surface area contributed by atoms with Crippen molar-refractivity contribution in [3.05, 3.63) is 60.2 Å². The van der Waals surface area contributed by atoms with Crippen LogP contribution in [0.5, 0.6) is 5.75 Å². The lowest BCUT2D eigenvalue weighted by atomic mass is 10.1. The van der Waals surface area contributed by atoms with E-state index in [1.54, 1.807) is 0 Å². The first-order valence-corrected chi connectivity index (χ1v) is 9.48. The van der Waals surface area contributed by atoms with E-state index >= 15 is 0 Å². The zero-order chi connectivity index (χ0) is 19.2. The van der Waals surface area contributed by atoms with Gasteiger partial charge in [-0.25, -0.2) is 0 Å². The highest BCUT2D eigenvalue weighted by Gasteiger charge is 2.29. The summed E-state index contributed by atoms with van der Waals surface area (Å²) in [5.41, 5.74) is 1.89. The molecule has 5 nitrogen and oxygen atoms in total. The van der Waals surface area contributed by atoms with Gasteiger partial charge in [-0.2, -0.15) is 0 Å². The summed E-state index contributed by atoms with van der Waals surface area (Å²) >= 11 is 0. The molecule has 0 unspecified atom stereocenters. The zero-order valence-electron chi connectivity index (χ0n) is 16.2. The molecule has 0 saturated carbocycles. The zero-order valence-corrected chi connectivity index (χ0v) is 16.2. The Morgan fingerprint density at radius 1 is 1.11 bits per heavy atom. The lowest BCUT2D eigenvalue weighted by molar-refractivity contribution is -0.126. The number of nitrogens with one attached hydrogen (secondary N) is 1. The van der Waals surface area contributed by atoms with E-state index in [1.807, 2.05) is 75.4 Å². The highest BCUT2D eigenvalue weighted by molar-refractivity contribution is 5.94. The van der Waals surface area contributed by atoms with Crippen LogP contribution in [-0.2, 0) is 16.1 Å². The SMILES string of the molecule is C[C@@H]1CN([C@@H](C)C(=O)Nc2ccc(OCc3ccccc3)cc2)C[C@@H](C)O1. The number of hydrogen-bond donors (Lipinski definition) is 1. The summed E-state index contributed by atoms with van der Waals surface area (Å²) < 4.78 is 11.5. The van der Waals surface area contributed by atoms with Crippen LogP contribution >= 0.6 is 0 Å². The van der Waals surface area contributed by atoms with Crippen molar-refractivity contribution in [2.24, 2.45) is 0 Å². The number of amides is 1. The number of carbonyl (C=O) groups excluding carboxylic acids is 1.